The van der Waals surface area contributed by atoms with Gasteiger partial charge in [-0.3, -0.25) is 33.1 Å². The Hall–Kier alpha value is -11.9. The Bertz CT molecular complexity index is 6170. The lowest BCUT2D eigenvalue weighted by Gasteiger charge is -2.41. The van der Waals surface area contributed by atoms with Crippen LogP contribution in [0.5, 0.6) is 17.2 Å². The van der Waals surface area contributed by atoms with Gasteiger partial charge in [0, 0.05) is 165 Å². The van der Waals surface area contributed by atoms with Crippen LogP contribution in [-0.2, 0) is 68.9 Å². The summed E-state index contributed by atoms with van der Waals surface area (Å²) in [5.41, 5.74) is -2.38. The molecule has 6 unspecified atom stereocenters. The van der Waals surface area contributed by atoms with Gasteiger partial charge in [-0.1, -0.05) is 24.3 Å². The Morgan fingerprint density at radius 3 is 1.19 bits per heavy atom. The molecule has 3 saturated heterocycles. The average Bonchev–Trinajstić information content (AvgIpc) is 1.72. The van der Waals surface area contributed by atoms with E-state index in [1.807, 2.05) is 32.3 Å². The highest BCUT2D eigenvalue weighted by Crippen LogP contribution is 2.64. The van der Waals surface area contributed by atoms with Crippen LogP contribution < -0.4 is 61.1 Å². The van der Waals surface area contributed by atoms with Crippen molar-refractivity contribution in [2.75, 3.05) is 147 Å². The lowest BCUT2D eigenvalue weighted by atomic mass is 10.1. The highest BCUT2D eigenvalue weighted by atomic mass is 31.2. The smallest absolute Gasteiger partial charge is 0.410 e. The molecule has 6 heterocycles. The van der Waals surface area contributed by atoms with Crippen LogP contribution in [0.1, 0.15) is 161 Å². The topological polar surface area (TPSA) is 476 Å². The number of carbonyl (C=O) groups is 8. The number of halogens is 3. The number of esters is 2. The number of amides is 4. The third-order valence-electron chi connectivity index (χ3n) is 23.7. The number of carboxylic acid groups (broad SMARTS) is 1. The number of hydrogen-bond donors (Lipinski definition) is 6. The minimum atomic E-state index is -4.60. The van der Waals surface area contributed by atoms with E-state index in [1.165, 1.54) is 85.5 Å². The predicted octanol–water partition coefficient (Wildman–Crippen LogP) is 12.8. The summed E-state index contributed by atoms with van der Waals surface area (Å²) in [7, 11) is -0.754. The molecular weight excluding hydrogens is 1860 g/mol. The van der Waals surface area contributed by atoms with E-state index in [-0.39, 0.29) is 130 Å². The quantitative estimate of drug-likeness (QED) is 0.0110. The normalized spacial score (nSPS) is 17.6. The van der Waals surface area contributed by atoms with Crippen LogP contribution in [0, 0.1) is 27.4 Å². The molecule has 0 radical (unpaired) electrons. The number of benzene rings is 5. The molecule has 3 aromatic heterocycles. The number of carbonyl (C=O) groups excluding carboxylic acids is 7. The van der Waals surface area contributed by atoms with Crippen LogP contribution in [0.2, 0.25) is 0 Å². The van der Waals surface area contributed by atoms with Crippen LogP contribution in [0.25, 0.3) is 32.7 Å². The first-order chi connectivity index (χ1) is 64.8. The van der Waals surface area contributed by atoms with Crippen molar-refractivity contribution in [3.63, 3.8) is 0 Å². The Morgan fingerprint density at radius 2 is 0.883 bits per heavy atom. The highest BCUT2D eigenvalue weighted by molar-refractivity contribution is 7.71. The Morgan fingerprint density at radius 1 is 0.533 bits per heavy atom. The van der Waals surface area contributed by atoms with Gasteiger partial charge in [-0.25, -0.2) is 37.1 Å². The first kappa shape index (κ1) is 106. The first-order valence-electron chi connectivity index (χ1n) is 44.1. The van der Waals surface area contributed by atoms with E-state index in [0.717, 1.165) is 62.3 Å². The summed E-state index contributed by atoms with van der Waals surface area (Å²) in [6.45, 7) is 20.5. The van der Waals surface area contributed by atoms with Gasteiger partial charge >= 0.3 is 45.3 Å². The largest absolute Gasteiger partial charge is 0.492 e. The van der Waals surface area contributed by atoms with Gasteiger partial charge in [0.2, 0.25) is 16.3 Å². The number of aldehydes is 1. The average molecular weight is 1970 g/mol. The highest BCUT2D eigenvalue weighted by Gasteiger charge is 2.43. The number of methoxy groups -OCH3 is 3. The summed E-state index contributed by atoms with van der Waals surface area (Å²) in [6, 6.07) is 15.5. The van der Waals surface area contributed by atoms with Gasteiger partial charge in [-0.05, 0) is 174 Å². The van der Waals surface area contributed by atoms with E-state index in [2.05, 4.69) is 16.0 Å². The van der Waals surface area contributed by atoms with Gasteiger partial charge in [-0.2, -0.15) is 0 Å². The van der Waals surface area contributed by atoms with Crippen LogP contribution in [0.4, 0.5) is 51.2 Å². The van der Waals surface area contributed by atoms with Crippen molar-refractivity contribution in [3.8, 4) is 17.2 Å². The summed E-state index contributed by atoms with van der Waals surface area (Å²) in [4.78, 5) is 181. The zero-order chi connectivity index (χ0) is 101. The minimum absolute atomic E-state index is 0.0228. The first-order valence-corrected chi connectivity index (χ1v) is 49.2. The molecule has 6 atom stereocenters. The van der Waals surface area contributed by atoms with Crippen molar-refractivity contribution in [2.24, 2.45) is 0 Å². The van der Waals surface area contributed by atoms with E-state index in [1.54, 1.807) is 99.1 Å². The van der Waals surface area contributed by atoms with Gasteiger partial charge in [0.05, 0.1) is 54.0 Å². The molecule has 45 heteroatoms. The number of aromatic carboxylic acids is 1. The lowest BCUT2D eigenvalue weighted by molar-refractivity contribution is -0.119. The third-order valence-corrected chi connectivity index (χ3v) is 30.2. The Labute approximate surface area is 787 Å². The molecule has 6 N–H and O–H groups in total. The molecule has 0 spiro atoms. The second-order valence-electron chi connectivity index (χ2n) is 35.9. The van der Waals surface area contributed by atoms with Crippen molar-refractivity contribution < 1.29 is 122 Å². The molecule has 5 aromatic carbocycles. The number of nitrogens with zero attached hydrogens (tertiary/aromatic N) is 8. The molecule has 3 aliphatic carbocycles. The van der Waals surface area contributed by atoms with Crippen LogP contribution in [0.3, 0.4) is 0 Å². The van der Waals surface area contributed by atoms with E-state index < -0.39 is 140 Å². The van der Waals surface area contributed by atoms with Crippen LogP contribution in [0.15, 0.2) is 99.7 Å². The summed E-state index contributed by atoms with van der Waals surface area (Å²) in [5, 5.41) is 17.3. The number of pyridine rings is 3. The molecule has 4 amide bonds. The molecule has 3 aliphatic heterocycles. The second-order valence-corrected chi connectivity index (χ2v) is 42.7. The number of carboxylic acids is 1. The molecule has 14 rings (SSSR count). The summed E-state index contributed by atoms with van der Waals surface area (Å²) < 4.78 is 132. The van der Waals surface area contributed by atoms with Crippen molar-refractivity contribution in [3.05, 3.63) is 171 Å². The fourth-order valence-electron chi connectivity index (χ4n) is 16.6. The maximum atomic E-state index is 16.1. The van der Waals surface area contributed by atoms with Crippen molar-refractivity contribution in [1.82, 2.24) is 28.8 Å². The zero-order valence-corrected chi connectivity index (χ0v) is 81.5. The zero-order valence-electron chi connectivity index (χ0n) is 78.8. The fourth-order valence-corrected chi connectivity index (χ4v) is 21.5. The number of piperazine rings is 3. The molecule has 0 bridgehead atoms. The maximum absolute atomic E-state index is 16.1. The summed E-state index contributed by atoms with van der Waals surface area (Å²) in [6.07, 6.45) is 8.38. The van der Waals surface area contributed by atoms with Crippen molar-refractivity contribution in [1.29, 1.82) is 0 Å². The number of rotatable bonds is 29. The molecule has 137 heavy (non-hydrogen) atoms. The van der Waals surface area contributed by atoms with E-state index >= 15 is 13.2 Å². The monoisotopic (exact) mass is 1970 g/mol. The Balaban J connectivity index is 0.000000201. The third kappa shape index (κ3) is 24.8. The SMILES string of the molecule is COc1c(N2CCN(C(=O)OC(C)(C)C)C(C)C2)c(F)cc2c(=O)c(C(=O)O)cn(C3CC3)c12.COc1c(N2CCN(C(=O)OC(C)(C)C)C(C)C2)c(F)cc2c(=O)c(C(=O)OCC(=O)Nc3ccc(CC(P(C)OC)P(=O)(OC)OC)cc3)cn(C3CC3)c12.COc1c(N2CCNC(C)C2)c(F)cc2c(=O)c(C(=O)OCC(=O)Nc3ccc(CC(C=O)P(=O)(O)O)cc3)cn(C3CC3)c12.O=O. The van der Waals surface area contributed by atoms with E-state index in [0.29, 0.717) is 79.2 Å². The molecule has 6 aliphatic rings. The van der Waals surface area contributed by atoms with Gasteiger partial charge < -0.3 is 121 Å². The number of anilines is 5. The van der Waals surface area contributed by atoms with E-state index in [9.17, 15) is 76.8 Å². The summed E-state index contributed by atoms with van der Waals surface area (Å²) >= 11 is 0. The van der Waals surface area contributed by atoms with Gasteiger partial charge in [0.1, 0.15) is 62.3 Å². The summed E-state index contributed by atoms with van der Waals surface area (Å²) in [5.74, 6) is -6.28. The standard InChI is InChI=1S/C38H51FN4O11P2.C30H34FN4O9P.C24H30FN3O6.O2/c1-23-20-41(16-17-42(23)37(47)54-38(2,3)4)33-29(39)19-27-32(35(33)49-5)43(26-14-15-26)21-28(34(27)45)36(46)53-22-30(44)40-25-12-10-24(11-13-25)18-31(55(9)50-6)56(48,51-7)52-8;1-17-13-34(10-9-32-17)27-24(31)12-22-26(29(27)43-2)35(20-7-8-20)14-23(28(22)38)30(39)44-16-25(37)33-19-5-3-18(4-6-19)11-21(15-36)45(40,41)42;1-13-11-26(8-9-27(13)23(32)34-24(2,3)4)19-17(25)10-15-18(21(19)33-5)28(14-6-7-14)12-16(20(15)29)22(30)31;1-2/h10-13,19,21,23,26,31H,14-18,20,22H2,1-9H3,(H,40,44);3-6,12,14-15,17,20-21,32H,7-11,13,16H2,1-2H3,(H,33,37)(H2,40,41,42);10,12-14H,6-9,11H2,1-5H3,(H,30,31);. The predicted molar refractivity (Wildman–Crippen MR) is 507 cm³/mol. The molecule has 8 aromatic rings. The van der Waals surface area contributed by atoms with Crippen molar-refractivity contribution >= 4 is 133 Å². The molecule has 3 saturated carbocycles. The molecule has 742 valence electrons. The van der Waals surface area contributed by atoms with Crippen LogP contribution in [-0.4, -0.2) is 248 Å². The molecular formula is C92H115F3N11O28P3. The van der Waals surface area contributed by atoms with Crippen LogP contribution >= 0.6 is 23.3 Å². The van der Waals surface area contributed by atoms with Crippen molar-refractivity contribution in [2.45, 2.75) is 172 Å². The van der Waals surface area contributed by atoms with Gasteiger partial charge in [0.15, 0.2) is 47.9 Å². The number of aromatic nitrogens is 3. The number of hydrogen-bond acceptors (Lipinski definition) is 29. The number of ether oxygens (including phenoxy) is 7. The Kier molecular flexibility index (Phi) is 34.1. The second kappa shape index (κ2) is 44.3. The number of fused-ring (bicyclic) bond motifs is 3. The maximum Gasteiger partial charge on any atom is 0.410 e. The van der Waals surface area contributed by atoms with Gasteiger partial charge in [-0.15, -0.1) is 0 Å². The molecule has 6 fully saturated rings. The fraction of sp³-hybridized carbons (Fsp3) is 0.489. The lowest BCUT2D eigenvalue weighted by Crippen LogP contribution is -2.55. The van der Waals surface area contributed by atoms with E-state index in [4.69, 9.17) is 56.7 Å². The van der Waals surface area contributed by atoms with Gasteiger partial charge in [0.25, 0.3) is 11.8 Å². The number of nitrogens with one attached hydrogen (secondary N) is 3. The molecule has 39 nitrogen and oxygen atoms in total. The minimum Gasteiger partial charge on any atom is -0.492 e.